The van der Waals surface area contributed by atoms with Gasteiger partial charge in [-0.3, -0.25) is 4.79 Å². The van der Waals surface area contributed by atoms with E-state index in [1.165, 1.54) is 16.7 Å². The van der Waals surface area contributed by atoms with Crippen molar-refractivity contribution in [2.45, 2.75) is 33.1 Å². The van der Waals surface area contributed by atoms with Crippen LogP contribution in [0.15, 0.2) is 48.7 Å². The third-order valence-corrected chi connectivity index (χ3v) is 6.33. The highest BCUT2D eigenvalue weighted by Crippen LogP contribution is 2.35. The molecule has 1 unspecified atom stereocenters. The van der Waals surface area contributed by atoms with Crippen molar-refractivity contribution in [1.82, 2.24) is 14.8 Å². The number of amides is 2. The number of hydrogen-bond donors (Lipinski definition) is 1. The van der Waals surface area contributed by atoms with E-state index in [2.05, 4.69) is 49.2 Å². The second-order valence-electron chi connectivity index (χ2n) is 8.47. The van der Waals surface area contributed by atoms with Crippen molar-refractivity contribution in [3.8, 4) is 0 Å². The van der Waals surface area contributed by atoms with Crippen LogP contribution in [0.2, 0.25) is 0 Å². The summed E-state index contributed by atoms with van der Waals surface area (Å²) in [6.07, 6.45) is 2.14. The number of piperazine rings is 1. The van der Waals surface area contributed by atoms with Gasteiger partial charge in [-0.25, -0.2) is 4.79 Å². The Kier molecular flexibility index (Phi) is 6.49. The molecule has 0 bridgehead atoms. The number of H-pyrrole nitrogens is 1. The average Bonchev–Trinajstić information content (AvgIpc) is 3.22. The number of para-hydroxylation sites is 1. The minimum atomic E-state index is -0.299. The van der Waals surface area contributed by atoms with Gasteiger partial charge >= 0.3 is 6.09 Å². The monoisotopic (exact) mass is 433 g/mol. The van der Waals surface area contributed by atoms with Crippen LogP contribution in [0, 0.1) is 13.8 Å². The highest BCUT2D eigenvalue weighted by molar-refractivity contribution is 5.86. The molecule has 6 nitrogen and oxygen atoms in total. The van der Waals surface area contributed by atoms with Gasteiger partial charge in [-0.2, -0.15) is 0 Å². The number of carbonyl (C=O) groups is 2. The van der Waals surface area contributed by atoms with Gasteiger partial charge in [-0.05, 0) is 43.5 Å². The van der Waals surface area contributed by atoms with E-state index in [1.54, 1.807) is 11.8 Å². The fraction of sp³-hybridized carbons (Fsp3) is 0.385. The van der Waals surface area contributed by atoms with Crippen LogP contribution in [0.5, 0.6) is 0 Å². The van der Waals surface area contributed by atoms with Crippen LogP contribution in [-0.4, -0.2) is 59.6 Å². The smallest absolute Gasteiger partial charge is 0.409 e. The van der Waals surface area contributed by atoms with Crippen molar-refractivity contribution < 1.29 is 14.3 Å². The van der Waals surface area contributed by atoms with Gasteiger partial charge in [0.05, 0.1) is 6.61 Å². The first-order valence-electron chi connectivity index (χ1n) is 11.3. The Morgan fingerprint density at radius 1 is 1.00 bits per heavy atom. The number of carbonyl (C=O) groups excluding carboxylic acids is 2. The van der Waals surface area contributed by atoms with E-state index in [0.717, 1.165) is 16.5 Å². The number of benzene rings is 2. The SMILES string of the molecule is CCOC(=O)N1CCN(C(=O)CC(c2ccc(C)cc2C)c2c[nH]c3ccccc23)CC1. The number of aryl methyl sites for hydroxylation is 2. The lowest BCUT2D eigenvalue weighted by Crippen LogP contribution is -2.50. The topological polar surface area (TPSA) is 65.6 Å². The van der Waals surface area contributed by atoms with E-state index in [1.807, 2.05) is 23.2 Å². The lowest BCUT2D eigenvalue weighted by Gasteiger charge is -2.35. The van der Waals surface area contributed by atoms with Crippen molar-refractivity contribution in [2.75, 3.05) is 32.8 Å². The number of fused-ring (bicyclic) bond motifs is 1. The summed E-state index contributed by atoms with van der Waals surface area (Å²) in [5.74, 6) is 0.0751. The van der Waals surface area contributed by atoms with Crippen LogP contribution in [-0.2, 0) is 9.53 Å². The largest absolute Gasteiger partial charge is 0.450 e. The maximum absolute atomic E-state index is 13.4. The standard InChI is InChI=1S/C26H31N3O3/c1-4-32-26(31)29-13-11-28(12-14-29)25(30)16-22(20-10-9-18(2)15-19(20)3)23-17-27-24-8-6-5-7-21(23)24/h5-10,15,17,22,27H,4,11-14,16H2,1-3H3. The summed E-state index contributed by atoms with van der Waals surface area (Å²) in [6, 6.07) is 14.7. The molecular weight excluding hydrogens is 402 g/mol. The number of aromatic amines is 1. The van der Waals surface area contributed by atoms with E-state index in [-0.39, 0.29) is 17.9 Å². The molecular formula is C26H31N3O3. The predicted octanol–water partition coefficient (Wildman–Crippen LogP) is 4.61. The quantitative estimate of drug-likeness (QED) is 0.639. The molecule has 2 amide bonds. The Morgan fingerprint density at radius 3 is 2.44 bits per heavy atom. The Balaban J connectivity index is 1.58. The zero-order valence-corrected chi connectivity index (χ0v) is 19.1. The van der Waals surface area contributed by atoms with Crippen molar-refractivity contribution >= 4 is 22.9 Å². The van der Waals surface area contributed by atoms with Crippen molar-refractivity contribution in [2.24, 2.45) is 0 Å². The number of nitrogens with zero attached hydrogens (tertiary/aromatic N) is 2. The van der Waals surface area contributed by atoms with Gasteiger partial charge in [0, 0.05) is 55.6 Å². The van der Waals surface area contributed by atoms with E-state index < -0.39 is 0 Å². The summed E-state index contributed by atoms with van der Waals surface area (Å²) in [7, 11) is 0. The zero-order valence-electron chi connectivity index (χ0n) is 19.1. The second kappa shape index (κ2) is 9.47. The molecule has 6 heteroatoms. The Morgan fingerprint density at radius 2 is 1.72 bits per heavy atom. The van der Waals surface area contributed by atoms with Gasteiger partial charge in [0.2, 0.25) is 5.91 Å². The third kappa shape index (κ3) is 4.49. The number of aromatic nitrogens is 1. The van der Waals surface area contributed by atoms with Gasteiger partial charge < -0.3 is 19.5 Å². The molecule has 0 saturated carbocycles. The van der Waals surface area contributed by atoms with Crippen LogP contribution in [0.4, 0.5) is 4.79 Å². The molecule has 0 aliphatic carbocycles. The highest BCUT2D eigenvalue weighted by atomic mass is 16.6. The number of rotatable bonds is 5. The Hall–Kier alpha value is -3.28. The molecule has 1 atom stereocenters. The summed E-state index contributed by atoms with van der Waals surface area (Å²) in [5.41, 5.74) is 5.81. The van der Waals surface area contributed by atoms with Crippen molar-refractivity contribution in [3.05, 3.63) is 70.9 Å². The van der Waals surface area contributed by atoms with Gasteiger partial charge in [-0.1, -0.05) is 42.0 Å². The molecule has 2 aromatic carbocycles. The summed E-state index contributed by atoms with van der Waals surface area (Å²) in [4.78, 5) is 32.3. The van der Waals surface area contributed by atoms with Crippen molar-refractivity contribution in [3.63, 3.8) is 0 Å². The summed E-state index contributed by atoms with van der Waals surface area (Å²) in [6.45, 7) is 8.45. The maximum atomic E-state index is 13.4. The number of nitrogens with one attached hydrogen (secondary N) is 1. The minimum absolute atomic E-state index is 0.0395. The van der Waals surface area contributed by atoms with E-state index in [0.29, 0.717) is 39.2 Å². The Bertz CT molecular complexity index is 1110. The van der Waals surface area contributed by atoms with E-state index in [9.17, 15) is 9.59 Å². The molecule has 1 aliphatic rings. The van der Waals surface area contributed by atoms with Gasteiger partial charge in [0.1, 0.15) is 0 Å². The minimum Gasteiger partial charge on any atom is -0.450 e. The molecule has 1 aliphatic heterocycles. The zero-order chi connectivity index (χ0) is 22.7. The van der Waals surface area contributed by atoms with Crippen LogP contribution in [0.25, 0.3) is 10.9 Å². The first-order chi connectivity index (χ1) is 15.5. The molecule has 0 spiro atoms. The first-order valence-corrected chi connectivity index (χ1v) is 11.3. The first kappa shape index (κ1) is 21.9. The molecule has 168 valence electrons. The van der Waals surface area contributed by atoms with Crippen LogP contribution >= 0.6 is 0 Å². The number of hydrogen-bond acceptors (Lipinski definition) is 3. The molecule has 2 heterocycles. The molecule has 1 saturated heterocycles. The molecule has 1 aromatic heterocycles. The number of ether oxygens (including phenoxy) is 1. The van der Waals surface area contributed by atoms with Gasteiger partial charge in [0.25, 0.3) is 0 Å². The molecule has 32 heavy (non-hydrogen) atoms. The summed E-state index contributed by atoms with van der Waals surface area (Å²) >= 11 is 0. The lowest BCUT2D eigenvalue weighted by molar-refractivity contribution is -0.133. The summed E-state index contributed by atoms with van der Waals surface area (Å²) < 4.78 is 5.09. The molecule has 1 N–H and O–H groups in total. The molecule has 3 aromatic rings. The van der Waals surface area contributed by atoms with Crippen LogP contribution in [0.3, 0.4) is 0 Å². The molecule has 0 radical (unpaired) electrons. The molecule has 1 fully saturated rings. The third-order valence-electron chi connectivity index (χ3n) is 6.33. The van der Waals surface area contributed by atoms with E-state index >= 15 is 0 Å². The lowest BCUT2D eigenvalue weighted by atomic mass is 9.85. The second-order valence-corrected chi connectivity index (χ2v) is 8.47. The fourth-order valence-electron chi connectivity index (χ4n) is 4.64. The van der Waals surface area contributed by atoms with E-state index in [4.69, 9.17) is 4.74 Å². The molecule has 4 rings (SSSR count). The van der Waals surface area contributed by atoms with Gasteiger partial charge in [-0.15, -0.1) is 0 Å². The van der Waals surface area contributed by atoms with Gasteiger partial charge in [0.15, 0.2) is 0 Å². The Labute approximate surface area is 189 Å². The van der Waals surface area contributed by atoms with Crippen LogP contribution < -0.4 is 0 Å². The highest BCUT2D eigenvalue weighted by Gasteiger charge is 2.29. The average molecular weight is 434 g/mol. The fourth-order valence-corrected chi connectivity index (χ4v) is 4.64. The summed E-state index contributed by atoms with van der Waals surface area (Å²) in [5, 5.41) is 1.15. The van der Waals surface area contributed by atoms with Crippen LogP contribution in [0.1, 0.15) is 41.5 Å². The maximum Gasteiger partial charge on any atom is 0.409 e. The predicted molar refractivity (Wildman–Crippen MR) is 126 cm³/mol. The van der Waals surface area contributed by atoms with Crippen molar-refractivity contribution in [1.29, 1.82) is 0 Å². The normalized spacial score (nSPS) is 15.1.